The van der Waals surface area contributed by atoms with Crippen molar-refractivity contribution in [3.8, 4) is 0 Å². The van der Waals surface area contributed by atoms with E-state index >= 15 is 0 Å². The number of fused-ring (bicyclic) bond motifs is 1. The Morgan fingerprint density at radius 2 is 1.62 bits per heavy atom. The molecule has 0 aliphatic carbocycles. The van der Waals surface area contributed by atoms with Gasteiger partial charge in [0.1, 0.15) is 4.90 Å². The Bertz CT molecular complexity index is 990. The number of aromatic amines is 1. The molecule has 26 heavy (non-hydrogen) atoms. The molecule has 7 nitrogen and oxygen atoms in total. The second-order valence-corrected chi connectivity index (χ2v) is 8.08. The molecule has 2 aromatic carbocycles. The lowest BCUT2D eigenvalue weighted by molar-refractivity contribution is 0.586. The minimum absolute atomic E-state index is 0.319. The molecule has 1 saturated heterocycles. The van der Waals surface area contributed by atoms with Gasteiger partial charge in [-0.15, -0.1) is 0 Å². The zero-order valence-corrected chi connectivity index (χ0v) is 15.3. The summed E-state index contributed by atoms with van der Waals surface area (Å²) in [7, 11) is -2.05. The molecule has 0 atom stereocenters. The summed E-state index contributed by atoms with van der Waals surface area (Å²) in [6, 6.07) is 15.1. The summed E-state index contributed by atoms with van der Waals surface area (Å²) in [6.07, 6.45) is 0. The highest BCUT2D eigenvalue weighted by Crippen LogP contribution is 2.27. The van der Waals surface area contributed by atoms with E-state index in [2.05, 4.69) is 24.5 Å². The molecular weight excluding hydrogens is 350 g/mol. The number of nitrogens with zero attached hydrogens (tertiary/aromatic N) is 3. The number of hydrogen-bond donors (Lipinski definition) is 2. The number of nitrogens with one attached hydrogen (secondary N) is 2. The van der Waals surface area contributed by atoms with Crippen LogP contribution in [0.1, 0.15) is 0 Å². The van der Waals surface area contributed by atoms with E-state index in [1.54, 1.807) is 12.1 Å². The molecule has 0 spiro atoms. The van der Waals surface area contributed by atoms with E-state index in [9.17, 15) is 8.42 Å². The van der Waals surface area contributed by atoms with Crippen LogP contribution in [0.4, 0.5) is 11.6 Å². The van der Waals surface area contributed by atoms with Crippen molar-refractivity contribution in [1.29, 1.82) is 0 Å². The van der Waals surface area contributed by atoms with Crippen LogP contribution < -0.4 is 14.5 Å². The first-order valence-corrected chi connectivity index (χ1v) is 10.0. The third-order valence-corrected chi connectivity index (χ3v) is 6.18. The standard InChI is InChI=1S/C18H21N5O2S/c1-19-26(24,25)17-9-5-4-8-16(17)22-10-12-23(13-11-22)18-20-14-6-2-3-7-15(14)21-18/h2-9,19H,10-13H2,1H3,(H,20,21). The Morgan fingerprint density at radius 1 is 0.962 bits per heavy atom. The first-order valence-electron chi connectivity index (χ1n) is 8.56. The number of para-hydroxylation sites is 3. The molecule has 1 aliphatic rings. The van der Waals surface area contributed by atoms with Gasteiger partial charge in [0.25, 0.3) is 0 Å². The van der Waals surface area contributed by atoms with Crippen LogP contribution in [-0.4, -0.2) is 51.6 Å². The maximum atomic E-state index is 12.3. The molecule has 1 aromatic heterocycles. The minimum Gasteiger partial charge on any atom is -0.367 e. The smallest absolute Gasteiger partial charge is 0.242 e. The van der Waals surface area contributed by atoms with Gasteiger partial charge in [0.05, 0.1) is 16.7 Å². The number of imidazole rings is 1. The van der Waals surface area contributed by atoms with E-state index in [-0.39, 0.29) is 0 Å². The molecule has 3 aromatic rings. The highest BCUT2D eigenvalue weighted by molar-refractivity contribution is 7.89. The van der Waals surface area contributed by atoms with Gasteiger partial charge >= 0.3 is 0 Å². The van der Waals surface area contributed by atoms with Crippen molar-refractivity contribution in [3.05, 3.63) is 48.5 Å². The zero-order chi connectivity index (χ0) is 18.1. The number of anilines is 2. The molecule has 2 heterocycles. The number of H-pyrrole nitrogens is 1. The molecule has 2 N–H and O–H groups in total. The maximum absolute atomic E-state index is 12.3. The highest BCUT2D eigenvalue weighted by Gasteiger charge is 2.24. The van der Waals surface area contributed by atoms with Gasteiger partial charge in [0.15, 0.2) is 0 Å². The minimum atomic E-state index is -3.48. The van der Waals surface area contributed by atoms with Crippen molar-refractivity contribution in [2.24, 2.45) is 0 Å². The molecule has 4 rings (SSSR count). The lowest BCUT2D eigenvalue weighted by Gasteiger charge is -2.36. The monoisotopic (exact) mass is 371 g/mol. The van der Waals surface area contributed by atoms with Crippen molar-refractivity contribution in [1.82, 2.24) is 14.7 Å². The number of benzene rings is 2. The second kappa shape index (κ2) is 6.62. The topological polar surface area (TPSA) is 81.3 Å². The molecule has 1 aliphatic heterocycles. The molecule has 0 unspecified atom stereocenters. The Labute approximate surface area is 152 Å². The molecule has 0 bridgehead atoms. The Balaban J connectivity index is 1.54. The Morgan fingerprint density at radius 3 is 2.35 bits per heavy atom. The fourth-order valence-electron chi connectivity index (χ4n) is 3.30. The third-order valence-electron chi connectivity index (χ3n) is 4.72. The molecule has 8 heteroatoms. The van der Waals surface area contributed by atoms with Crippen LogP contribution in [0.3, 0.4) is 0 Å². The summed E-state index contributed by atoms with van der Waals surface area (Å²) in [5, 5.41) is 0. The molecule has 1 fully saturated rings. The van der Waals surface area contributed by atoms with Crippen LogP contribution in [0.5, 0.6) is 0 Å². The van der Waals surface area contributed by atoms with Crippen LogP contribution in [-0.2, 0) is 10.0 Å². The number of hydrogen-bond acceptors (Lipinski definition) is 5. The van der Waals surface area contributed by atoms with Crippen LogP contribution in [0.15, 0.2) is 53.4 Å². The third kappa shape index (κ3) is 3.02. The van der Waals surface area contributed by atoms with Gasteiger partial charge in [-0.25, -0.2) is 18.1 Å². The average Bonchev–Trinajstić information content (AvgIpc) is 3.12. The largest absolute Gasteiger partial charge is 0.367 e. The maximum Gasteiger partial charge on any atom is 0.242 e. The quantitative estimate of drug-likeness (QED) is 0.731. The van der Waals surface area contributed by atoms with Crippen molar-refractivity contribution in [3.63, 3.8) is 0 Å². The normalized spacial score (nSPS) is 15.6. The summed E-state index contributed by atoms with van der Waals surface area (Å²) in [5.74, 6) is 0.863. The van der Waals surface area contributed by atoms with E-state index < -0.39 is 10.0 Å². The summed E-state index contributed by atoms with van der Waals surface area (Å²) < 4.78 is 27.0. The van der Waals surface area contributed by atoms with Crippen molar-refractivity contribution >= 4 is 32.7 Å². The lowest BCUT2D eigenvalue weighted by atomic mass is 10.2. The van der Waals surface area contributed by atoms with E-state index in [4.69, 9.17) is 0 Å². The average molecular weight is 371 g/mol. The predicted octanol–water partition coefficient (Wildman–Crippen LogP) is 1.80. The Hall–Kier alpha value is -2.58. The highest BCUT2D eigenvalue weighted by atomic mass is 32.2. The fourth-order valence-corrected chi connectivity index (χ4v) is 4.25. The predicted molar refractivity (Wildman–Crippen MR) is 103 cm³/mol. The lowest BCUT2D eigenvalue weighted by Crippen LogP contribution is -2.47. The molecule has 0 radical (unpaired) electrons. The number of rotatable bonds is 4. The summed E-state index contributed by atoms with van der Waals surface area (Å²) in [5.41, 5.74) is 2.72. The molecule has 0 amide bonds. The zero-order valence-electron chi connectivity index (χ0n) is 14.5. The summed E-state index contributed by atoms with van der Waals surface area (Å²) in [6.45, 7) is 3.00. The van der Waals surface area contributed by atoms with Crippen molar-refractivity contribution in [2.45, 2.75) is 4.90 Å². The molecular formula is C18H21N5O2S. The van der Waals surface area contributed by atoms with Gasteiger partial charge in [-0.05, 0) is 31.3 Å². The number of piperazine rings is 1. The Kier molecular flexibility index (Phi) is 4.29. The molecule has 136 valence electrons. The van der Waals surface area contributed by atoms with E-state index in [0.717, 1.165) is 48.8 Å². The van der Waals surface area contributed by atoms with Gasteiger partial charge in [-0.2, -0.15) is 0 Å². The van der Waals surface area contributed by atoms with Crippen LogP contribution in [0, 0.1) is 0 Å². The van der Waals surface area contributed by atoms with Crippen molar-refractivity contribution < 1.29 is 8.42 Å². The summed E-state index contributed by atoms with van der Waals surface area (Å²) >= 11 is 0. The fraction of sp³-hybridized carbons (Fsp3) is 0.278. The van der Waals surface area contributed by atoms with Crippen molar-refractivity contribution in [2.75, 3.05) is 43.0 Å². The van der Waals surface area contributed by atoms with Gasteiger partial charge in [-0.1, -0.05) is 24.3 Å². The first kappa shape index (κ1) is 16.9. The summed E-state index contributed by atoms with van der Waals surface area (Å²) in [4.78, 5) is 12.6. The SMILES string of the molecule is CNS(=O)(=O)c1ccccc1N1CCN(c2nc3ccccc3[nH]2)CC1. The number of sulfonamides is 1. The van der Waals surface area contributed by atoms with Crippen LogP contribution >= 0.6 is 0 Å². The first-order chi connectivity index (χ1) is 12.6. The van der Waals surface area contributed by atoms with Gasteiger partial charge in [0, 0.05) is 26.2 Å². The van der Waals surface area contributed by atoms with Gasteiger partial charge in [0.2, 0.25) is 16.0 Å². The van der Waals surface area contributed by atoms with Gasteiger partial charge in [-0.3, -0.25) is 0 Å². The van der Waals surface area contributed by atoms with Gasteiger partial charge < -0.3 is 14.8 Å². The van der Waals surface area contributed by atoms with Crippen LogP contribution in [0.2, 0.25) is 0 Å². The van der Waals surface area contributed by atoms with Crippen LogP contribution in [0.25, 0.3) is 11.0 Å². The number of aromatic nitrogens is 2. The van der Waals surface area contributed by atoms with E-state index in [1.807, 2.05) is 36.4 Å². The second-order valence-electron chi connectivity index (χ2n) is 6.23. The van der Waals surface area contributed by atoms with E-state index in [1.165, 1.54) is 7.05 Å². The van der Waals surface area contributed by atoms with E-state index in [0.29, 0.717) is 4.90 Å². The molecule has 0 saturated carbocycles.